The van der Waals surface area contributed by atoms with Crippen LogP contribution in [0.3, 0.4) is 0 Å². The number of aromatic nitrogens is 1. The molecule has 0 aliphatic heterocycles. The summed E-state index contributed by atoms with van der Waals surface area (Å²) in [5.74, 6) is 0.596. The van der Waals surface area contributed by atoms with Crippen LogP contribution >= 0.6 is 11.6 Å². The summed E-state index contributed by atoms with van der Waals surface area (Å²) >= 11 is 6.03. The number of halogens is 1. The summed E-state index contributed by atoms with van der Waals surface area (Å²) in [7, 11) is 1.56. The number of aryl methyl sites for hydroxylation is 1. The molecule has 2 rings (SSSR count). The Morgan fingerprint density at radius 2 is 2.00 bits per heavy atom. The SMILES string of the molecule is COc1ccc(NC(=O)CCCC[n+]2ccccc2)cc1Cl. The molecule has 1 aromatic heterocycles. The lowest BCUT2D eigenvalue weighted by molar-refractivity contribution is -0.697. The molecule has 1 heterocycles. The smallest absolute Gasteiger partial charge is 0.224 e. The van der Waals surface area contributed by atoms with Crippen LogP contribution in [-0.2, 0) is 11.3 Å². The van der Waals surface area contributed by atoms with Crippen molar-refractivity contribution in [3.63, 3.8) is 0 Å². The zero-order chi connectivity index (χ0) is 15.8. The van der Waals surface area contributed by atoms with Gasteiger partial charge in [0.25, 0.3) is 0 Å². The standard InChI is InChI=1S/C17H19ClN2O2/c1-22-16-9-8-14(13-15(16)18)19-17(21)7-3-6-12-20-10-4-2-5-11-20/h2,4-5,8-11,13H,3,6-7,12H2,1H3/p+1. The average Bonchev–Trinajstić information content (AvgIpc) is 2.53. The lowest BCUT2D eigenvalue weighted by atomic mass is 10.2. The number of benzene rings is 1. The molecule has 4 nitrogen and oxygen atoms in total. The molecule has 1 N–H and O–H groups in total. The molecule has 0 atom stereocenters. The molecular formula is C17H20ClN2O2+. The Labute approximate surface area is 135 Å². The zero-order valence-electron chi connectivity index (χ0n) is 12.6. The highest BCUT2D eigenvalue weighted by molar-refractivity contribution is 6.32. The first-order valence-corrected chi connectivity index (χ1v) is 7.64. The number of unbranched alkanes of at least 4 members (excludes halogenated alkanes) is 1. The van der Waals surface area contributed by atoms with E-state index < -0.39 is 0 Å². The van der Waals surface area contributed by atoms with E-state index in [-0.39, 0.29) is 5.91 Å². The van der Waals surface area contributed by atoms with Crippen LogP contribution in [-0.4, -0.2) is 13.0 Å². The van der Waals surface area contributed by atoms with Gasteiger partial charge in [0, 0.05) is 30.7 Å². The Kier molecular flexibility index (Phi) is 6.22. The van der Waals surface area contributed by atoms with Gasteiger partial charge >= 0.3 is 0 Å². The first-order chi connectivity index (χ1) is 10.7. The molecule has 0 aliphatic carbocycles. The molecule has 5 heteroatoms. The molecule has 0 saturated heterocycles. The number of amides is 1. The van der Waals surface area contributed by atoms with Crippen molar-refractivity contribution in [1.29, 1.82) is 0 Å². The Balaban J connectivity index is 1.73. The molecule has 0 saturated carbocycles. The minimum atomic E-state index is -0.000653. The second-order valence-corrected chi connectivity index (χ2v) is 5.38. The predicted molar refractivity (Wildman–Crippen MR) is 87.1 cm³/mol. The van der Waals surface area contributed by atoms with Gasteiger partial charge in [0.1, 0.15) is 12.3 Å². The van der Waals surface area contributed by atoms with Crippen molar-refractivity contribution in [2.45, 2.75) is 25.8 Å². The fourth-order valence-electron chi connectivity index (χ4n) is 2.13. The lowest BCUT2D eigenvalue weighted by Crippen LogP contribution is -2.32. The van der Waals surface area contributed by atoms with Gasteiger partial charge in [0.2, 0.25) is 5.91 Å². The third kappa shape index (κ3) is 5.04. The van der Waals surface area contributed by atoms with Gasteiger partial charge < -0.3 is 10.1 Å². The molecule has 22 heavy (non-hydrogen) atoms. The van der Waals surface area contributed by atoms with Crippen LogP contribution < -0.4 is 14.6 Å². The Morgan fingerprint density at radius 1 is 1.23 bits per heavy atom. The number of pyridine rings is 1. The monoisotopic (exact) mass is 319 g/mol. The molecule has 1 aromatic carbocycles. The number of hydrogen-bond acceptors (Lipinski definition) is 2. The first kappa shape index (κ1) is 16.3. The normalized spacial score (nSPS) is 10.3. The van der Waals surface area contributed by atoms with Crippen LogP contribution in [0, 0.1) is 0 Å². The lowest BCUT2D eigenvalue weighted by Gasteiger charge is -2.07. The number of carbonyl (C=O) groups excluding carboxylic acids is 1. The van der Waals surface area contributed by atoms with Crippen molar-refractivity contribution in [1.82, 2.24) is 0 Å². The van der Waals surface area contributed by atoms with Gasteiger partial charge in [-0.15, -0.1) is 0 Å². The minimum Gasteiger partial charge on any atom is -0.495 e. The van der Waals surface area contributed by atoms with E-state index in [9.17, 15) is 4.79 Å². The van der Waals surface area contributed by atoms with Crippen molar-refractivity contribution in [3.8, 4) is 5.75 Å². The molecule has 1 amide bonds. The van der Waals surface area contributed by atoms with E-state index in [1.54, 1.807) is 25.3 Å². The maximum absolute atomic E-state index is 11.9. The number of ether oxygens (including phenoxy) is 1. The van der Waals surface area contributed by atoms with Gasteiger partial charge in [-0.1, -0.05) is 17.7 Å². The minimum absolute atomic E-state index is 0.000653. The van der Waals surface area contributed by atoms with Gasteiger partial charge in [-0.25, -0.2) is 4.57 Å². The summed E-state index contributed by atoms with van der Waals surface area (Å²) in [5, 5.41) is 3.33. The van der Waals surface area contributed by atoms with Gasteiger partial charge in [-0.05, 0) is 24.6 Å². The second-order valence-electron chi connectivity index (χ2n) is 4.97. The Bertz CT molecular complexity index is 617. The molecule has 0 spiro atoms. The molecule has 0 radical (unpaired) electrons. The summed E-state index contributed by atoms with van der Waals surface area (Å²) in [6.07, 6.45) is 6.36. The summed E-state index contributed by atoms with van der Waals surface area (Å²) in [6.45, 7) is 0.919. The number of rotatable bonds is 7. The van der Waals surface area contributed by atoms with Gasteiger partial charge in [0.05, 0.1) is 12.1 Å². The molecular weight excluding hydrogens is 300 g/mol. The topological polar surface area (TPSA) is 42.2 Å². The third-order valence-corrected chi connectivity index (χ3v) is 3.58. The summed E-state index contributed by atoms with van der Waals surface area (Å²) in [5.41, 5.74) is 0.688. The largest absolute Gasteiger partial charge is 0.495 e. The summed E-state index contributed by atoms with van der Waals surface area (Å²) in [6, 6.07) is 11.2. The van der Waals surface area contributed by atoms with Gasteiger partial charge in [0.15, 0.2) is 12.4 Å². The summed E-state index contributed by atoms with van der Waals surface area (Å²) in [4.78, 5) is 11.9. The van der Waals surface area contributed by atoms with Crippen molar-refractivity contribution in [2.24, 2.45) is 0 Å². The molecule has 2 aromatic rings. The van der Waals surface area contributed by atoms with Gasteiger partial charge in [-0.2, -0.15) is 0 Å². The van der Waals surface area contributed by atoms with Crippen LogP contribution in [0.2, 0.25) is 5.02 Å². The first-order valence-electron chi connectivity index (χ1n) is 7.26. The molecule has 0 unspecified atom stereocenters. The Hall–Kier alpha value is -2.07. The number of nitrogens with zero attached hydrogens (tertiary/aromatic N) is 1. The van der Waals surface area contributed by atoms with Crippen LogP contribution in [0.4, 0.5) is 5.69 Å². The van der Waals surface area contributed by atoms with Gasteiger partial charge in [-0.3, -0.25) is 4.79 Å². The maximum Gasteiger partial charge on any atom is 0.224 e. The fraction of sp³-hybridized carbons (Fsp3) is 0.294. The highest BCUT2D eigenvalue weighted by Crippen LogP contribution is 2.27. The number of anilines is 1. The Morgan fingerprint density at radius 3 is 2.68 bits per heavy atom. The van der Waals surface area contributed by atoms with Crippen molar-refractivity contribution in [2.75, 3.05) is 12.4 Å². The van der Waals surface area contributed by atoms with Crippen molar-refractivity contribution in [3.05, 3.63) is 53.8 Å². The van der Waals surface area contributed by atoms with Crippen molar-refractivity contribution >= 4 is 23.2 Å². The van der Waals surface area contributed by atoms with Crippen LogP contribution in [0.25, 0.3) is 0 Å². The molecule has 0 aliphatic rings. The van der Waals surface area contributed by atoms with E-state index in [4.69, 9.17) is 16.3 Å². The average molecular weight is 320 g/mol. The summed E-state index contributed by atoms with van der Waals surface area (Å²) < 4.78 is 7.19. The molecule has 0 fully saturated rings. The van der Waals surface area contributed by atoms with Crippen LogP contribution in [0.5, 0.6) is 5.75 Å². The number of hydrogen-bond donors (Lipinski definition) is 1. The van der Waals surface area contributed by atoms with Crippen molar-refractivity contribution < 1.29 is 14.1 Å². The number of methoxy groups -OCH3 is 1. The second kappa shape index (κ2) is 8.39. The zero-order valence-corrected chi connectivity index (χ0v) is 13.3. The molecule has 116 valence electrons. The van der Waals surface area contributed by atoms with E-state index in [0.29, 0.717) is 22.9 Å². The van der Waals surface area contributed by atoms with E-state index >= 15 is 0 Å². The number of carbonyl (C=O) groups is 1. The maximum atomic E-state index is 11.9. The van der Waals surface area contributed by atoms with E-state index in [1.165, 1.54) is 0 Å². The highest BCUT2D eigenvalue weighted by atomic mass is 35.5. The van der Waals surface area contributed by atoms with E-state index in [0.717, 1.165) is 19.4 Å². The van der Waals surface area contributed by atoms with Crippen LogP contribution in [0.1, 0.15) is 19.3 Å². The highest BCUT2D eigenvalue weighted by Gasteiger charge is 2.06. The third-order valence-electron chi connectivity index (χ3n) is 3.28. The van der Waals surface area contributed by atoms with E-state index in [2.05, 4.69) is 9.88 Å². The molecule has 0 bridgehead atoms. The quantitative estimate of drug-likeness (QED) is 0.627. The number of nitrogens with one attached hydrogen (secondary N) is 1. The predicted octanol–water partition coefficient (Wildman–Crippen LogP) is 3.45. The van der Waals surface area contributed by atoms with Crippen LogP contribution in [0.15, 0.2) is 48.8 Å². The fourth-order valence-corrected chi connectivity index (χ4v) is 2.39. The van der Waals surface area contributed by atoms with E-state index in [1.807, 2.05) is 30.6 Å².